The molecule has 0 saturated heterocycles. The van der Waals surface area contributed by atoms with Gasteiger partial charge >= 0.3 is 0 Å². The maximum Gasteiger partial charge on any atom is 0.191 e. The Kier molecular flexibility index (Phi) is 1.29. The van der Waals surface area contributed by atoms with E-state index >= 15 is 0 Å². The van der Waals surface area contributed by atoms with Gasteiger partial charge in [-0.05, 0) is 0 Å². The molecule has 7 heavy (non-hydrogen) atoms. The van der Waals surface area contributed by atoms with Crippen LogP contribution in [0.25, 0.3) is 0 Å². The third kappa shape index (κ3) is 1.17. The minimum absolute atomic E-state index is 0.150. The summed E-state index contributed by atoms with van der Waals surface area (Å²) in [5, 5.41) is 8.52. The van der Waals surface area contributed by atoms with Crippen molar-refractivity contribution in [1.29, 1.82) is 0 Å². The summed E-state index contributed by atoms with van der Waals surface area (Å²) in [6.07, 6.45) is 2.06. The van der Waals surface area contributed by atoms with Crippen molar-refractivity contribution in [2.45, 2.75) is 6.29 Å². The summed E-state index contributed by atoms with van der Waals surface area (Å²) in [6.45, 7) is 0.150. The molecule has 0 radical (unpaired) electrons. The van der Waals surface area contributed by atoms with Crippen LogP contribution in [0.4, 0.5) is 0 Å². The second kappa shape index (κ2) is 1.95. The highest BCUT2D eigenvalue weighted by Crippen LogP contribution is 1.96. The van der Waals surface area contributed by atoms with Crippen LogP contribution in [0.2, 0.25) is 0 Å². The van der Waals surface area contributed by atoms with E-state index in [9.17, 15) is 0 Å². The number of aliphatic hydroxyl groups is 1. The first-order valence-corrected chi connectivity index (χ1v) is 1.97. The lowest BCUT2D eigenvalue weighted by Gasteiger charge is -2.10. The molecule has 0 aliphatic carbocycles. The summed E-state index contributed by atoms with van der Waals surface area (Å²) in [5.74, 6) is 0. The minimum atomic E-state index is -0.770. The zero-order valence-corrected chi connectivity index (χ0v) is 3.70. The van der Waals surface area contributed by atoms with E-state index in [1.165, 1.54) is 12.3 Å². The lowest BCUT2D eigenvalue weighted by molar-refractivity contribution is -0.143. The monoisotopic (exact) mass is 102 g/mol. The van der Waals surface area contributed by atoms with Crippen LogP contribution in [0.5, 0.6) is 0 Å². The summed E-state index contributed by atoms with van der Waals surface area (Å²) < 4.78 is 9.10. The topological polar surface area (TPSA) is 38.7 Å². The molecule has 0 saturated carbocycles. The molecule has 0 aromatic carbocycles. The molecule has 0 aromatic rings. The Labute approximate surface area is 41.2 Å². The van der Waals surface area contributed by atoms with Crippen LogP contribution < -0.4 is 0 Å². The summed E-state index contributed by atoms with van der Waals surface area (Å²) in [7, 11) is 0. The lowest BCUT2D eigenvalue weighted by Crippen LogP contribution is -2.13. The van der Waals surface area contributed by atoms with Gasteiger partial charge in [-0.15, -0.1) is 0 Å². The first-order chi connectivity index (χ1) is 3.39. The molecule has 1 atom stereocenters. The van der Waals surface area contributed by atoms with E-state index in [1.807, 2.05) is 0 Å². The van der Waals surface area contributed by atoms with Gasteiger partial charge in [0.25, 0.3) is 0 Å². The quantitative estimate of drug-likeness (QED) is 0.461. The van der Waals surface area contributed by atoms with Crippen LogP contribution in [0.3, 0.4) is 0 Å². The molecule has 40 valence electrons. The van der Waals surface area contributed by atoms with Crippen molar-refractivity contribution in [3.63, 3.8) is 0 Å². The van der Waals surface area contributed by atoms with E-state index in [0.717, 1.165) is 0 Å². The van der Waals surface area contributed by atoms with Crippen molar-refractivity contribution in [3.8, 4) is 0 Å². The molecule has 3 heteroatoms. The van der Waals surface area contributed by atoms with E-state index in [2.05, 4.69) is 9.47 Å². The molecule has 0 bridgehead atoms. The SMILES string of the molecule is OC1C=COCO1. The molecule has 0 aromatic heterocycles. The van der Waals surface area contributed by atoms with E-state index < -0.39 is 6.29 Å². The lowest BCUT2D eigenvalue weighted by atomic mass is 10.6. The third-order valence-electron chi connectivity index (χ3n) is 0.646. The van der Waals surface area contributed by atoms with Crippen LogP contribution in [-0.4, -0.2) is 18.2 Å². The third-order valence-corrected chi connectivity index (χ3v) is 0.646. The van der Waals surface area contributed by atoms with Gasteiger partial charge in [0.2, 0.25) is 0 Å². The van der Waals surface area contributed by atoms with E-state index in [-0.39, 0.29) is 6.79 Å². The van der Waals surface area contributed by atoms with Crippen LogP contribution in [0.15, 0.2) is 12.3 Å². The smallest absolute Gasteiger partial charge is 0.191 e. The molecule has 1 unspecified atom stereocenters. The number of aliphatic hydroxyl groups excluding tert-OH is 1. The van der Waals surface area contributed by atoms with Gasteiger partial charge < -0.3 is 14.6 Å². The first-order valence-electron chi connectivity index (χ1n) is 1.97. The number of rotatable bonds is 0. The van der Waals surface area contributed by atoms with Gasteiger partial charge in [0.1, 0.15) is 0 Å². The van der Waals surface area contributed by atoms with Crippen LogP contribution in [-0.2, 0) is 9.47 Å². The van der Waals surface area contributed by atoms with Gasteiger partial charge in [0, 0.05) is 6.08 Å². The average Bonchev–Trinajstić information content (AvgIpc) is 1.69. The second-order valence-corrected chi connectivity index (χ2v) is 1.17. The van der Waals surface area contributed by atoms with Gasteiger partial charge in [-0.3, -0.25) is 0 Å². The van der Waals surface area contributed by atoms with E-state index in [0.29, 0.717) is 0 Å². The fourth-order valence-corrected chi connectivity index (χ4v) is 0.327. The Hall–Kier alpha value is -0.540. The van der Waals surface area contributed by atoms with Gasteiger partial charge in [-0.1, -0.05) is 0 Å². The van der Waals surface area contributed by atoms with Crippen LogP contribution in [0.1, 0.15) is 0 Å². The fraction of sp³-hybridized carbons (Fsp3) is 0.500. The molecule has 1 N–H and O–H groups in total. The van der Waals surface area contributed by atoms with Gasteiger partial charge in [-0.2, -0.15) is 0 Å². The van der Waals surface area contributed by atoms with Crippen molar-refractivity contribution in [2.75, 3.05) is 6.79 Å². The predicted molar refractivity (Wildman–Crippen MR) is 22.2 cm³/mol. The van der Waals surface area contributed by atoms with E-state index in [4.69, 9.17) is 5.11 Å². The first kappa shape index (κ1) is 4.61. The molecule has 1 heterocycles. The van der Waals surface area contributed by atoms with Crippen molar-refractivity contribution in [3.05, 3.63) is 12.3 Å². The maximum absolute atomic E-state index is 8.52. The van der Waals surface area contributed by atoms with Crippen molar-refractivity contribution in [1.82, 2.24) is 0 Å². The highest BCUT2D eigenvalue weighted by molar-refractivity contribution is 4.78. The van der Waals surface area contributed by atoms with Gasteiger partial charge in [0.15, 0.2) is 13.1 Å². The fourth-order valence-electron chi connectivity index (χ4n) is 0.327. The molecule has 0 spiro atoms. The van der Waals surface area contributed by atoms with Crippen molar-refractivity contribution >= 4 is 0 Å². The second-order valence-electron chi connectivity index (χ2n) is 1.17. The molecule has 0 fully saturated rings. The Bertz CT molecular complexity index is 79.0. The molecular formula is C4H6O3. The molecular weight excluding hydrogens is 96.0 g/mol. The zero-order valence-electron chi connectivity index (χ0n) is 3.70. The summed E-state index contributed by atoms with van der Waals surface area (Å²) in [6, 6.07) is 0. The number of ether oxygens (including phenoxy) is 2. The van der Waals surface area contributed by atoms with Crippen molar-refractivity contribution < 1.29 is 14.6 Å². The number of hydrogen-bond donors (Lipinski definition) is 1. The van der Waals surface area contributed by atoms with Crippen LogP contribution in [0, 0.1) is 0 Å². The Morgan fingerprint density at radius 3 is 2.86 bits per heavy atom. The number of hydrogen-bond acceptors (Lipinski definition) is 3. The van der Waals surface area contributed by atoms with Crippen LogP contribution >= 0.6 is 0 Å². The average molecular weight is 102 g/mol. The Morgan fingerprint density at radius 2 is 2.57 bits per heavy atom. The minimum Gasteiger partial charge on any atom is -0.475 e. The summed E-state index contributed by atoms with van der Waals surface area (Å²) in [5.41, 5.74) is 0. The zero-order chi connectivity index (χ0) is 5.11. The highest BCUT2D eigenvalue weighted by atomic mass is 16.7. The molecule has 1 aliphatic heterocycles. The molecule has 3 nitrogen and oxygen atoms in total. The molecule has 0 amide bonds. The molecule has 1 aliphatic rings. The Balaban J connectivity index is 2.36. The van der Waals surface area contributed by atoms with Gasteiger partial charge in [0.05, 0.1) is 6.26 Å². The summed E-state index contributed by atoms with van der Waals surface area (Å²) in [4.78, 5) is 0. The van der Waals surface area contributed by atoms with E-state index in [1.54, 1.807) is 0 Å². The standard InChI is InChI=1S/C4H6O3/c5-4-1-2-6-3-7-4/h1-2,4-5H,3H2. The Morgan fingerprint density at radius 1 is 1.71 bits per heavy atom. The highest BCUT2D eigenvalue weighted by Gasteiger charge is 2.00. The van der Waals surface area contributed by atoms with Gasteiger partial charge in [-0.25, -0.2) is 0 Å². The summed E-state index contributed by atoms with van der Waals surface area (Å²) >= 11 is 0. The largest absolute Gasteiger partial charge is 0.475 e. The predicted octanol–water partition coefficient (Wildman–Crippen LogP) is -0.177. The maximum atomic E-state index is 8.52. The normalized spacial score (nSPS) is 29.6. The van der Waals surface area contributed by atoms with Crippen molar-refractivity contribution in [2.24, 2.45) is 0 Å². The molecule has 1 rings (SSSR count).